The number of hydrogen-bond acceptors (Lipinski definition) is 4. The number of nitrogens with zero attached hydrogens (tertiary/aromatic N) is 2. The second kappa shape index (κ2) is 7.02. The third-order valence-corrected chi connectivity index (χ3v) is 4.38. The van der Waals surface area contributed by atoms with E-state index >= 15 is 0 Å². The molecule has 2 rings (SSSR count). The Kier molecular flexibility index (Phi) is 5.33. The number of hydrogen-bond donors (Lipinski definition) is 1. The molecule has 0 aromatic heterocycles. The van der Waals surface area contributed by atoms with Gasteiger partial charge in [-0.15, -0.1) is 0 Å². The number of likely N-dealkylation sites (tertiary alicyclic amines) is 1. The molecule has 2 atom stereocenters. The summed E-state index contributed by atoms with van der Waals surface area (Å²) in [7, 11) is 3.88. The fourth-order valence-corrected chi connectivity index (χ4v) is 3.17. The molecule has 118 valence electrons. The van der Waals surface area contributed by atoms with Gasteiger partial charge in [-0.05, 0) is 26.9 Å². The van der Waals surface area contributed by atoms with E-state index in [1.165, 1.54) is 4.90 Å². The first-order valence-electron chi connectivity index (χ1n) is 7.77. The number of amides is 3. The van der Waals surface area contributed by atoms with Gasteiger partial charge in [-0.1, -0.05) is 12.8 Å². The summed E-state index contributed by atoms with van der Waals surface area (Å²) < 4.78 is 0. The number of imide groups is 1. The monoisotopic (exact) mass is 295 g/mol. The van der Waals surface area contributed by atoms with Crippen molar-refractivity contribution in [2.45, 2.75) is 32.1 Å². The molecule has 1 aliphatic carbocycles. The van der Waals surface area contributed by atoms with Crippen molar-refractivity contribution in [3.8, 4) is 0 Å². The van der Waals surface area contributed by atoms with Gasteiger partial charge in [-0.2, -0.15) is 0 Å². The molecule has 0 aromatic rings. The van der Waals surface area contributed by atoms with E-state index in [2.05, 4.69) is 5.32 Å². The summed E-state index contributed by atoms with van der Waals surface area (Å²) in [6, 6.07) is 0. The summed E-state index contributed by atoms with van der Waals surface area (Å²) in [5.74, 6) is -0.477. The third kappa shape index (κ3) is 3.81. The van der Waals surface area contributed by atoms with E-state index in [9.17, 15) is 14.4 Å². The second-order valence-electron chi connectivity index (χ2n) is 6.23. The molecule has 1 saturated carbocycles. The Morgan fingerprint density at radius 2 is 1.76 bits per heavy atom. The Balaban J connectivity index is 1.79. The Bertz CT molecular complexity index is 398. The molecule has 0 unspecified atom stereocenters. The number of nitrogens with one attached hydrogen (secondary N) is 1. The number of carbonyl (C=O) groups excluding carboxylic acids is 3. The van der Waals surface area contributed by atoms with E-state index < -0.39 is 0 Å². The van der Waals surface area contributed by atoms with E-state index in [0.717, 1.165) is 32.2 Å². The number of fused-ring (bicyclic) bond motifs is 1. The number of likely N-dealkylation sites (N-methyl/N-ethyl adjacent to an activating group) is 1. The first kappa shape index (κ1) is 15.9. The molecular formula is C15H25N3O3. The minimum absolute atomic E-state index is 0.0641. The standard InChI is InChI=1S/C15H25N3O3/c1-17(2)10-8-16-13(19)7-9-18-14(20)11-5-3-4-6-12(11)15(18)21/h11-12H,3-10H2,1-2H3,(H,16,19)/t11-,12-/m0/s1. The molecule has 6 nitrogen and oxygen atoms in total. The summed E-state index contributed by atoms with van der Waals surface area (Å²) in [5, 5.41) is 2.80. The lowest BCUT2D eigenvalue weighted by atomic mass is 9.81. The van der Waals surface area contributed by atoms with Crippen LogP contribution in [0.1, 0.15) is 32.1 Å². The first-order valence-corrected chi connectivity index (χ1v) is 7.77. The maximum Gasteiger partial charge on any atom is 0.233 e. The van der Waals surface area contributed by atoms with E-state index in [4.69, 9.17) is 0 Å². The zero-order chi connectivity index (χ0) is 15.4. The molecule has 6 heteroatoms. The van der Waals surface area contributed by atoms with Crippen molar-refractivity contribution in [3.05, 3.63) is 0 Å². The van der Waals surface area contributed by atoms with Crippen molar-refractivity contribution in [1.29, 1.82) is 0 Å². The fourth-order valence-electron chi connectivity index (χ4n) is 3.17. The molecule has 2 aliphatic rings. The highest BCUT2D eigenvalue weighted by atomic mass is 16.2. The molecule has 2 fully saturated rings. The zero-order valence-electron chi connectivity index (χ0n) is 12.9. The highest BCUT2D eigenvalue weighted by Gasteiger charge is 2.47. The van der Waals surface area contributed by atoms with Gasteiger partial charge in [0, 0.05) is 26.1 Å². The van der Waals surface area contributed by atoms with Crippen LogP contribution in [-0.2, 0) is 14.4 Å². The van der Waals surface area contributed by atoms with Crippen molar-refractivity contribution in [2.75, 3.05) is 33.7 Å². The van der Waals surface area contributed by atoms with Crippen LogP contribution in [0, 0.1) is 11.8 Å². The Labute approximate surface area is 125 Å². The largest absolute Gasteiger partial charge is 0.355 e. The van der Waals surface area contributed by atoms with Crippen molar-refractivity contribution in [2.24, 2.45) is 11.8 Å². The number of rotatable bonds is 6. The van der Waals surface area contributed by atoms with Crippen LogP contribution in [-0.4, -0.2) is 61.3 Å². The smallest absolute Gasteiger partial charge is 0.233 e. The molecule has 0 spiro atoms. The van der Waals surface area contributed by atoms with Gasteiger partial charge in [0.2, 0.25) is 17.7 Å². The molecule has 1 saturated heterocycles. The lowest BCUT2D eigenvalue weighted by molar-refractivity contribution is -0.140. The average Bonchev–Trinajstić information content (AvgIpc) is 2.69. The molecule has 0 aromatic carbocycles. The Morgan fingerprint density at radius 1 is 1.19 bits per heavy atom. The van der Waals surface area contributed by atoms with Gasteiger partial charge < -0.3 is 10.2 Å². The minimum atomic E-state index is -0.122. The maximum atomic E-state index is 12.2. The highest BCUT2D eigenvalue weighted by Crippen LogP contribution is 2.37. The van der Waals surface area contributed by atoms with Crippen molar-refractivity contribution >= 4 is 17.7 Å². The van der Waals surface area contributed by atoms with Gasteiger partial charge in [-0.25, -0.2) is 0 Å². The minimum Gasteiger partial charge on any atom is -0.355 e. The van der Waals surface area contributed by atoms with Crippen LogP contribution in [0.3, 0.4) is 0 Å². The average molecular weight is 295 g/mol. The Morgan fingerprint density at radius 3 is 2.29 bits per heavy atom. The topological polar surface area (TPSA) is 69.7 Å². The van der Waals surface area contributed by atoms with Crippen LogP contribution >= 0.6 is 0 Å². The molecular weight excluding hydrogens is 270 g/mol. The van der Waals surface area contributed by atoms with Crippen LogP contribution < -0.4 is 5.32 Å². The molecule has 21 heavy (non-hydrogen) atoms. The van der Waals surface area contributed by atoms with Gasteiger partial charge in [0.1, 0.15) is 0 Å². The summed E-state index contributed by atoms with van der Waals surface area (Å²) in [6.07, 6.45) is 3.89. The summed E-state index contributed by atoms with van der Waals surface area (Å²) >= 11 is 0. The fraction of sp³-hybridized carbons (Fsp3) is 0.800. The molecule has 1 N–H and O–H groups in total. The SMILES string of the molecule is CN(C)CCNC(=O)CCN1C(=O)[C@H]2CCCC[C@@H]2C1=O. The van der Waals surface area contributed by atoms with Crippen LogP contribution in [0.25, 0.3) is 0 Å². The Hall–Kier alpha value is -1.43. The van der Waals surface area contributed by atoms with Gasteiger partial charge in [0.05, 0.1) is 11.8 Å². The van der Waals surface area contributed by atoms with Gasteiger partial charge in [-0.3, -0.25) is 19.3 Å². The normalized spacial score (nSPS) is 25.4. The molecule has 0 radical (unpaired) electrons. The van der Waals surface area contributed by atoms with Gasteiger partial charge in [0.15, 0.2) is 0 Å². The zero-order valence-corrected chi connectivity index (χ0v) is 12.9. The number of carbonyl (C=O) groups is 3. The summed E-state index contributed by atoms with van der Waals surface area (Å²) in [5.41, 5.74) is 0. The summed E-state index contributed by atoms with van der Waals surface area (Å²) in [6.45, 7) is 1.58. The first-order chi connectivity index (χ1) is 10.0. The maximum absolute atomic E-state index is 12.2. The lowest BCUT2D eigenvalue weighted by Crippen LogP contribution is -2.37. The summed E-state index contributed by atoms with van der Waals surface area (Å²) in [4.78, 5) is 39.5. The predicted octanol–water partition coefficient (Wildman–Crippen LogP) is 0.230. The molecule has 3 amide bonds. The second-order valence-corrected chi connectivity index (χ2v) is 6.23. The van der Waals surface area contributed by atoms with E-state index in [1.54, 1.807) is 0 Å². The quantitative estimate of drug-likeness (QED) is 0.712. The van der Waals surface area contributed by atoms with Gasteiger partial charge in [0.25, 0.3) is 0 Å². The van der Waals surface area contributed by atoms with E-state index in [-0.39, 0.29) is 42.5 Å². The highest BCUT2D eigenvalue weighted by molar-refractivity contribution is 6.05. The molecule has 1 aliphatic heterocycles. The van der Waals surface area contributed by atoms with Crippen LogP contribution in [0.15, 0.2) is 0 Å². The van der Waals surface area contributed by atoms with Gasteiger partial charge >= 0.3 is 0 Å². The van der Waals surface area contributed by atoms with Crippen molar-refractivity contribution in [3.63, 3.8) is 0 Å². The van der Waals surface area contributed by atoms with Crippen LogP contribution in [0.4, 0.5) is 0 Å². The van der Waals surface area contributed by atoms with Crippen molar-refractivity contribution in [1.82, 2.24) is 15.1 Å². The van der Waals surface area contributed by atoms with E-state index in [0.29, 0.717) is 6.54 Å². The lowest BCUT2D eigenvalue weighted by Gasteiger charge is -2.19. The van der Waals surface area contributed by atoms with Crippen LogP contribution in [0.2, 0.25) is 0 Å². The molecule has 1 heterocycles. The van der Waals surface area contributed by atoms with E-state index in [1.807, 2.05) is 19.0 Å². The third-order valence-electron chi connectivity index (χ3n) is 4.38. The van der Waals surface area contributed by atoms with Crippen molar-refractivity contribution < 1.29 is 14.4 Å². The molecule has 0 bridgehead atoms. The van der Waals surface area contributed by atoms with Crippen LogP contribution in [0.5, 0.6) is 0 Å². The predicted molar refractivity (Wildman–Crippen MR) is 78.3 cm³/mol.